The minimum absolute atomic E-state index is 0. The Balaban J connectivity index is 0. The summed E-state index contributed by atoms with van der Waals surface area (Å²) in [7, 11) is 0. The van der Waals surface area contributed by atoms with Gasteiger partial charge in [0.1, 0.15) is 0 Å². The summed E-state index contributed by atoms with van der Waals surface area (Å²) >= 11 is 0. The quantitative estimate of drug-likeness (QED) is 0.708. The second kappa shape index (κ2) is 9.75. The van der Waals surface area contributed by atoms with Crippen LogP contribution in [0.25, 0.3) is 0 Å². The number of carboxylic acids is 1. The number of pyridine rings is 1. The van der Waals surface area contributed by atoms with Crippen LogP contribution >= 0.6 is 0 Å². The number of halogens is 3. The van der Waals surface area contributed by atoms with Gasteiger partial charge in [0.2, 0.25) is 0 Å². The maximum Gasteiger partial charge on any atom is 1.00 e. The number of ether oxygens (including phenoxy) is 1. The summed E-state index contributed by atoms with van der Waals surface area (Å²) in [6, 6.07) is 2.40. The van der Waals surface area contributed by atoms with E-state index < -0.39 is 35.8 Å². The first-order chi connectivity index (χ1) is 8.90. The van der Waals surface area contributed by atoms with Crippen LogP contribution in [-0.4, -0.2) is 34.4 Å². The van der Waals surface area contributed by atoms with Gasteiger partial charge in [0.15, 0.2) is 18.1 Å². The third-order valence-electron chi connectivity index (χ3n) is 1.36. The van der Waals surface area contributed by atoms with Gasteiger partial charge in [-0.2, -0.15) is 13.2 Å². The Morgan fingerprint density at radius 2 is 1.86 bits per heavy atom. The molecule has 1 aromatic rings. The van der Waals surface area contributed by atoms with Gasteiger partial charge in [-0.25, -0.2) is 9.78 Å². The van der Waals surface area contributed by atoms with Gasteiger partial charge in [-0.3, -0.25) is 0 Å². The second-order valence-electron chi connectivity index (χ2n) is 4.67. The first-order valence-electron chi connectivity index (χ1n) is 5.48. The van der Waals surface area contributed by atoms with Crippen molar-refractivity contribution in [3.05, 3.63) is 24.0 Å². The number of hydrogen-bond acceptors (Lipinski definition) is 4. The van der Waals surface area contributed by atoms with E-state index in [2.05, 4.69) is 9.72 Å². The van der Waals surface area contributed by atoms with Gasteiger partial charge in [-0.1, -0.05) is 20.8 Å². The fourth-order valence-corrected chi connectivity index (χ4v) is 0.827. The molecule has 0 aliphatic rings. The molecule has 1 heterocycles. The van der Waals surface area contributed by atoms with Gasteiger partial charge in [0.25, 0.3) is 0 Å². The number of alkyl halides is 3. The zero-order valence-electron chi connectivity index (χ0n) is 12.2. The van der Waals surface area contributed by atoms with Gasteiger partial charge in [0.05, 0.1) is 0 Å². The van der Waals surface area contributed by atoms with Crippen LogP contribution < -0.4 is 61.2 Å². The van der Waals surface area contributed by atoms with Crippen molar-refractivity contribution in [3.8, 4) is 5.75 Å². The number of rotatable bonds is 3. The largest absolute Gasteiger partial charge is 1.00 e. The van der Waals surface area contributed by atoms with E-state index in [0.717, 1.165) is 12.3 Å². The Hall–Kier alpha value is -0.194. The molecule has 0 aliphatic carbocycles. The molecule has 0 unspecified atom stereocenters. The maximum atomic E-state index is 11.8. The first kappa shape index (κ1) is 23.1. The summed E-state index contributed by atoms with van der Waals surface area (Å²) in [5, 5.41) is 18.7. The molecule has 0 radical (unpaired) electrons. The maximum absolute atomic E-state index is 11.8. The van der Waals surface area contributed by atoms with Crippen LogP contribution in [-0.2, 0) is 0 Å². The van der Waals surface area contributed by atoms with Crippen LogP contribution in [0.1, 0.15) is 31.3 Å². The van der Waals surface area contributed by atoms with E-state index in [1.807, 2.05) is 0 Å². The number of carboxylic acid groups (broad SMARTS) is 1. The van der Waals surface area contributed by atoms with Crippen molar-refractivity contribution in [1.82, 2.24) is 4.98 Å². The monoisotopic (exact) mass is 333 g/mol. The van der Waals surface area contributed by atoms with Crippen LogP contribution in [0.15, 0.2) is 18.3 Å². The molecule has 0 saturated heterocycles. The Bertz CT molecular complexity index is 441. The van der Waals surface area contributed by atoms with E-state index in [0.29, 0.717) is 0 Å². The first-order valence-corrected chi connectivity index (χ1v) is 5.48. The van der Waals surface area contributed by atoms with Crippen molar-refractivity contribution in [1.29, 1.82) is 0 Å². The molecule has 1 N–H and O–H groups in total. The van der Waals surface area contributed by atoms with Crippen LogP contribution in [0, 0.1) is 0 Å². The van der Waals surface area contributed by atoms with Crippen LogP contribution in [0.4, 0.5) is 13.2 Å². The summed E-state index contributed by atoms with van der Waals surface area (Å²) in [6.07, 6.45) is -3.35. The minimum Gasteiger partial charge on any atom is -0.850 e. The molecule has 9 heteroatoms. The molecule has 0 fully saturated rings. The molecule has 0 aliphatic heterocycles. The smallest absolute Gasteiger partial charge is 0.850 e. The number of aromatic carboxylic acids is 1. The molecule has 0 atom stereocenters. The van der Waals surface area contributed by atoms with E-state index >= 15 is 0 Å². The second-order valence-corrected chi connectivity index (χ2v) is 4.67. The predicted octanol–water partition coefficient (Wildman–Crippen LogP) is -1.13. The molecule has 0 aromatic carbocycles. The van der Waals surface area contributed by atoms with Crippen LogP contribution in [0.5, 0.6) is 5.75 Å². The summed E-state index contributed by atoms with van der Waals surface area (Å²) in [5.74, 6) is -1.84. The molecular weight excluding hydrogens is 318 g/mol. The Morgan fingerprint density at radius 3 is 2.24 bits per heavy atom. The molecule has 1 aromatic heterocycles. The third-order valence-corrected chi connectivity index (χ3v) is 1.36. The van der Waals surface area contributed by atoms with Crippen molar-refractivity contribution in [2.45, 2.75) is 32.5 Å². The van der Waals surface area contributed by atoms with Crippen LogP contribution in [0.3, 0.4) is 0 Å². The van der Waals surface area contributed by atoms with Crippen molar-refractivity contribution in [2.24, 2.45) is 0 Å². The van der Waals surface area contributed by atoms with Gasteiger partial charge >= 0.3 is 63.5 Å². The SMILES string of the molecule is CC(C)(C)[O-].O=C(O)c1ncccc1OCC(F)(F)F.[K+]. The van der Waals surface area contributed by atoms with Crippen molar-refractivity contribution in [3.63, 3.8) is 0 Å². The summed E-state index contributed by atoms with van der Waals surface area (Å²) in [5.41, 5.74) is -1.29. The van der Waals surface area contributed by atoms with Gasteiger partial charge in [-0.05, 0) is 12.1 Å². The van der Waals surface area contributed by atoms with E-state index in [1.165, 1.54) is 6.07 Å². The number of nitrogens with zero attached hydrogens (tertiary/aromatic N) is 1. The summed E-state index contributed by atoms with van der Waals surface area (Å²) < 4.78 is 39.6. The van der Waals surface area contributed by atoms with Crippen LogP contribution in [0.2, 0.25) is 0 Å². The van der Waals surface area contributed by atoms with Gasteiger partial charge < -0.3 is 14.9 Å². The fourth-order valence-electron chi connectivity index (χ4n) is 0.827. The van der Waals surface area contributed by atoms with Gasteiger partial charge in [0, 0.05) is 6.20 Å². The van der Waals surface area contributed by atoms with E-state index in [-0.39, 0.29) is 51.4 Å². The zero-order valence-corrected chi connectivity index (χ0v) is 15.3. The topological polar surface area (TPSA) is 82.5 Å². The predicted molar refractivity (Wildman–Crippen MR) is 62.5 cm³/mol. The molecule has 1 rings (SSSR count). The average molecular weight is 333 g/mol. The summed E-state index contributed by atoms with van der Waals surface area (Å²) in [4.78, 5) is 13.9. The normalized spacial score (nSPS) is 10.8. The molecular formula is C12H15F3KNO4. The molecule has 114 valence electrons. The molecule has 0 spiro atoms. The average Bonchev–Trinajstić information content (AvgIpc) is 2.23. The summed E-state index contributed by atoms with van der Waals surface area (Å²) in [6.45, 7) is 3.35. The molecule has 5 nitrogen and oxygen atoms in total. The molecule has 0 bridgehead atoms. The van der Waals surface area contributed by atoms with E-state index in [4.69, 9.17) is 5.11 Å². The fraction of sp³-hybridized carbons (Fsp3) is 0.500. The Morgan fingerprint density at radius 1 is 1.38 bits per heavy atom. The standard InChI is InChI=1S/C8H6F3NO3.C4H9O.K/c9-8(10,11)4-15-5-2-1-3-12-6(5)7(13)14;1-4(2,3)5;/h1-3H,4H2,(H,13,14);1-3H3;/q;-1;+1. The van der Waals surface area contributed by atoms with E-state index in [1.54, 1.807) is 20.8 Å². The zero-order chi connectivity index (χ0) is 16.0. The van der Waals surface area contributed by atoms with Crippen molar-refractivity contribution >= 4 is 5.97 Å². The third kappa shape index (κ3) is 14.5. The molecule has 0 amide bonds. The molecule has 0 saturated carbocycles. The molecule has 21 heavy (non-hydrogen) atoms. The Labute approximate surface area is 162 Å². The number of carbonyl (C=O) groups is 1. The number of aromatic nitrogens is 1. The van der Waals surface area contributed by atoms with Crippen molar-refractivity contribution in [2.75, 3.05) is 6.61 Å². The van der Waals surface area contributed by atoms with Gasteiger partial charge in [-0.15, -0.1) is 5.60 Å². The van der Waals surface area contributed by atoms with E-state index in [9.17, 15) is 23.1 Å². The van der Waals surface area contributed by atoms with Crippen molar-refractivity contribution < 1.29 is 84.3 Å². The minimum atomic E-state index is -4.51. The number of hydrogen-bond donors (Lipinski definition) is 1. The Kier molecular flexibility index (Phi) is 10.7.